The Kier molecular flexibility index (Phi) is 3.51. The lowest BCUT2D eigenvalue weighted by Gasteiger charge is -2.20. The van der Waals surface area contributed by atoms with Crippen molar-refractivity contribution in [1.82, 2.24) is 0 Å². The Morgan fingerprint density at radius 1 is 0.410 bits per heavy atom. The van der Waals surface area contributed by atoms with Crippen molar-refractivity contribution in [2.45, 2.75) is 6.42 Å². The zero-order valence-electron chi connectivity index (χ0n) is 20.9. The van der Waals surface area contributed by atoms with Gasteiger partial charge < -0.3 is 8.83 Å². The first-order chi connectivity index (χ1) is 19.4. The summed E-state index contributed by atoms with van der Waals surface area (Å²) in [5.74, 6) is 0. The van der Waals surface area contributed by atoms with Gasteiger partial charge in [-0.2, -0.15) is 0 Å². The van der Waals surface area contributed by atoms with Crippen LogP contribution in [0.25, 0.3) is 92.6 Å². The lowest BCUT2D eigenvalue weighted by atomic mass is 9.82. The number of allylic oxidation sites excluding steroid dienone is 1. The van der Waals surface area contributed by atoms with Crippen molar-refractivity contribution in [3.63, 3.8) is 0 Å². The maximum atomic E-state index is 6.40. The number of benzene rings is 7. The third-order valence-electron chi connectivity index (χ3n) is 8.98. The molecule has 9 aromatic rings. The van der Waals surface area contributed by atoms with E-state index in [9.17, 15) is 0 Å². The van der Waals surface area contributed by atoms with Crippen LogP contribution < -0.4 is 0 Å². The fraction of sp³-hybridized carbons (Fsp3) is 0.0270. The third-order valence-corrected chi connectivity index (χ3v) is 8.98. The van der Waals surface area contributed by atoms with E-state index in [-0.39, 0.29) is 0 Å². The Morgan fingerprint density at radius 2 is 0.872 bits per heavy atom. The zero-order chi connectivity index (χ0) is 25.2. The molecule has 0 fully saturated rings. The molecule has 39 heavy (non-hydrogen) atoms. The minimum Gasteiger partial charge on any atom is -0.464 e. The van der Waals surface area contributed by atoms with Gasteiger partial charge in [0.25, 0.3) is 0 Å². The average Bonchev–Trinajstić information content (AvgIpc) is 3.77. The second-order valence-electron chi connectivity index (χ2n) is 10.7. The van der Waals surface area contributed by atoms with Crippen LogP contribution in [0.15, 0.2) is 112 Å². The van der Waals surface area contributed by atoms with Crippen LogP contribution in [0.1, 0.15) is 11.1 Å². The van der Waals surface area contributed by atoms with Crippen molar-refractivity contribution in [2.24, 2.45) is 0 Å². The van der Waals surface area contributed by atoms with Crippen LogP contribution in [0, 0.1) is 0 Å². The van der Waals surface area contributed by atoms with E-state index in [1.165, 1.54) is 75.8 Å². The largest absolute Gasteiger partial charge is 0.464 e. The second kappa shape index (κ2) is 6.86. The van der Waals surface area contributed by atoms with Gasteiger partial charge in [-0.1, -0.05) is 84.9 Å². The normalized spacial score (nSPS) is 13.4. The fourth-order valence-electron chi connectivity index (χ4n) is 7.55. The summed E-state index contributed by atoms with van der Waals surface area (Å²) in [6, 6.07) is 30.7. The summed E-state index contributed by atoms with van der Waals surface area (Å²) in [4.78, 5) is 0. The van der Waals surface area contributed by atoms with Gasteiger partial charge in [0.05, 0.1) is 12.5 Å². The average molecular weight is 497 g/mol. The molecule has 0 radical (unpaired) electrons. The molecule has 0 atom stereocenters. The van der Waals surface area contributed by atoms with E-state index in [2.05, 4.69) is 97.1 Å². The van der Waals surface area contributed by atoms with Crippen LogP contribution in [0.5, 0.6) is 0 Å². The number of hydrogen-bond acceptors (Lipinski definition) is 2. The molecule has 7 aromatic carbocycles. The van der Waals surface area contributed by atoms with Crippen molar-refractivity contribution >= 4 is 92.6 Å². The van der Waals surface area contributed by atoms with Gasteiger partial charge >= 0.3 is 0 Å². The molecule has 0 saturated heterocycles. The minimum atomic E-state index is 0.913. The van der Waals surface area contributed by atoms with Gasteiger partial charge in [0.15, 0.2) is 0 Å². The third kappa shape index (κ3) is 2.26. The van der Waals surface area contributed by atoms with E-state index < -0.39 is 0 Å². The van der Waals surface area contributed by atoms with Gasteiger partial charge in [-0.15, -0.1) is 0 Å². The molecule has 0 amide bonds. The van der Waals surface area contributed by atoms with E-state index in [1.807, 2.05) is 12.5 Å². The van der Waals surface area contributed by atoms with Gasteiger partial charge in [-0.25, -0.2) is 0 Å². The zero-order valence-corrected chi connectivity index (χ0v) is 20.9. The summed E-state index contributed by atoms with van der Waals surface area (Å²) < 4.78 is 12.8. The quantitative estimate of drug-likeness (QED) is 0.195. The maximum Gasteiger partial charge on any atom is 0.142 e. The number of rotatable bonds is 0. The minimum absolute atomic E-state index is 0.913. The molecule has 2 aromatic heterocycles. The topological polar surface area (TPSA) is 26.3 Å². The smallest absolute Gasteiger partial charge is 0.142 e. The molecule has 1 aliphatic carbocycles. The van der Waals surface area contributed by atoms with Crippen LogP contribution in [0.3, 0.4) is 0 Å². The van der Waals surface area contributed by atoms with E-state index in [0.717, 1.165) is 28.4 Å². The van der Waals surface area contributed by atoms with Crippen LogP contribution in [-0.4, -0.2) is 0 Å². The van der Waals surface area contributed by atoms with Crippen molar-refractivity contribution in [1.29, 1.82) is 0 Å². The Bertz CT molecular complexity index is 2510. The van der Waals surface area contributed by atoms with Gasteiger partial charge in [-0.3, -0.25) is 0 Å². The summed E-state index contributed by atoms with van der Waals surface area (Å²) in [6.07, 6.45) is 9.21. The highest BCUT2D eigenvalue weighted by Gasteiger charge is 2.26. The first kappa shape index (κ1) is 20.0. The molecule has 2 heterocycles. The molecule has 180 valence electrons. The Balaban J connectivity index is 1.74. The first-order valence-corrected chi connectivity index (χ1v) is 13.5. The second-order valence-corrected chi connectivity index (χ2v) is 10.7. The van der Waals surface area contributed by atoms with Crippen LogP contribution in [0.4, 0.5) is 0 Å². The molecule has 0 bridgehead atoms. The van der Waals surface area contributed by atoms with Gasteiger partial charge in [0.1, 0.15) is 11.2 Å². The molecule has 2 heteroatoms. The number of hydrogen-bond donors (Lipinski definition) is 0. The summed E-state index contributed by atoms with van der Waals surface area (Å²) in [6.45, 7) is 0. The van der Waals surface area contributed by atoms with Gasteiger partial charge in [0.2, 0.25) is 0 Å². The monoisotopic (exact) mass is 496 g/mol. The van der Waals surface area contributed by atoms with E-state index in [0.29, 0.717) is 0 Å². The number of furan rings is 2. The molecule has 1 aliphatic rings. The van der Waals surface area contributed by atoms with Gasteiger partial charge in [-0.05, 0) is 67.4 Å². The predicted octanol–water partition coefficient (Wildman–Crippen LogP) is 10.7. The molecule has 0 aliphatic heterocycles. The molecule has 2 nitrogen and oxygen atoms in total. The van der Waals surface area contributed by atoms with Crippen LogP contribution in [0.2, 0.25) is 0 Å². The molecular weight excluding hydrogens is 476 g/mol. The SMILES string of the molecule is C1=Cc2c(c3c(c4ccccc24)c2c4occc4c4ccccc4c2c2c4occc4c4ccccc4c32)C1. The molecular formula is C37H20O2. The van der Waals surface area contributed by atoms with Crippen LogP contribution in [-0.2, 0) is 6.42 Å². The van der Waals surface area contributed by atoms with Crippen molar-refractivity contribution < 1.29 is 8.83 Å². The summed E-state index contributed by atoms with van der Waals surface area (Å²) in [7, 11) is 0. The number of fused-ring (bicyclic) bond motifs is 21. The molecule has 0 unspecified atom stereocenters. The molecule has 0 N–H and O–H groups in total. The highest BCUT2D eigenvalue weighted by molar-refractivity contribution is 6.48. The van der Waals surface area contributed by atoms with E-state index in [4.69, 9.17) is 8.83 Å². The van der Waals surface area contributed by atoms with Crippen molar-refractivity contribution in [3.8, 4) is 0 Å². The standard InChI is InChI=1S/C37H20O2/c1-4-11-24-20(8-1)21-14-7-15-27(21)30-31(24)34-33(26-13-6-3-10-23(26)29-17-19-39-37(29)34)35-32(30)25-12-5-2-9-22(25)28-16-18-38-36(28)35/h1-14,16-19H,15H2. The Morgan fingerprint density at radius 3 is 1.44 bits per heavy atom. The van der Waals surface area contributed by atoms with Gasteiger partial charge in [0, 0.05) is 37.7 Å². The maximum absolute atomic E-state index is 6.40. The lowest BCUT2D eigenvalue weighted by molar-refractivity contribution is 0.619. The highest BCUT2D eigenvalue weighted by Crippen LogP contribution is 2.52. The van der Waals surface area contributed by atoms with Crippen molar-refractivity contribution in [2.75, 3.05) is 0 Å². The highest BCUT2D eigenvalue weighted by atomic mass is 16.3. The predicted molar refractivity (Wildman–Crippen MR) is 164 cm³/mol. The Labute approximate surface area is 222 Å². The fourth-order valence-corrected chi connectivity index (χ4v) is 7.55. The summed E-state index contributed by atoms with van der Waals surface area (Å²) >= 11 is 0. The van der Waals surface area contributed by atoms with Crippen LogP contribution >= 0.6 is 0 Å². The first-order valence-electron chi connectivity index (χ1n) is 13.5. The van der Waals surface area contributed by atoms with E-state index >= 15 is 0 Å². The molecule has 10 rings (SSSR count). The molecule has 0 saturated carbocycles. The summed E-state index contributed by atoms with van der Waals surface area (Å²) in [5.41, 5.74) is 4.61. The summed E-state index contributed by atoms with van der Waals surface area (Å²) in [5, 5.41) is 17.2. The lowest BCUT2D eigenvalue weighted by Crippen LogP contribution is -1.95. The Hall–Kier alpha value is -5.08. The van der Waals surface area contributed by atoms with Crippen molar-refractivity contribution in [3.05, 3.63) is 115 Å². The van der Waals surface area contributed by atoms with E-state index in [1.54, 1.807) is 0 Å². The molecule has 0 spiro atoms.